The summed E-state index contributed by atoms with van der Waals surface area (Å²) < 4.78 is 29.7. The molecule has 1 heterocycles. The van der Waals surface area contributed by atoms with Crippen molar-refractivity contribution in [2.75, 3.05) is 31.0 Å². The summed E-state index contributed by atoms with van der Waals surface area (Å²) in [6.45, 7) is 5.09. The lowest BCUT2D eigenvalue weighted by molar-refractivity contribution is 0.190. The maximum atomic E-state index is 11.5. The minimum Gasteiger partial charge on any atom is -0.494 e. The number of hydrogen-bond acceptors (Lipinski definition) is 8. The molecule has 3 N–H and O–H groups in total. The monoisotopic (exact) mass is 441 g/mol. The van der Waals surface area contributed by atoms with Gasteiger partial charge in [-0.1, -0.05) is 18.2 Å². The maximum Gasteiger partial charge on any atom is 0.229 e. The van der Waals surface area contributed by atoms with E-state index in [1.54, 1.807) is 31.5 Å². The number of rotatable bonds is 10. The van der Waals surface area contributed by atoms with E-state index in [1.165, 1.54) is 0 Å². The SMILES string of the molecule is CCOc1ccc(-c2cnc(Nc3cccc([SH](=N)=O)c3)nc2NC(C)COC)cc1. The van der Waals surface area contributed by atoms with Crippen molar-refractivity contribution in [1.82, 2.24) is 9.97 Å². The summed E-state index contributed by atoms with van der Waals surface area (Å²) in [5.41, 5.74) is 2.47. The van der Waals surface area contributed by atoms with Crippen molar-refractivity contribution in [1.29, 1.82) is 4.78 Å². The van der Waals surface area contributed by atoms with E-state index in [0.717, 1.165) is 16.9 Å². The normalized spacial score (nSPS) is 12.7. The Morgan fingerprint density at radius 3 is 2.65 bits per heavy atom. The summed E-state index contributed by atoms with van der Waals surface area (Å²) in [5, 5.41) is 6.51. The summed E-state index contributed by atoms with van der Waals surface area (Å²) in [6.07, 6.45) is 1.75. The van der Waals surface area contributed by atoms with Crippen LogP contribution < -0.4 is 15.4 Å². The molecule has 0 saturated carbocycles. The Hall–Kier alpha value is -3.17. The van der Waals surface area contributed by atoms with Crippen LogP contribution in [-0.2, 0) is 15.3 Å². The van der Waals surface area contributed by atoms with Gasteiger partial charge >= 0.3 is 0 Å². The lowest BCUT2D eigenvalue weighted by atomic mass is 10.1. The molecular weight excluding hydrogens is 414 g/mol. The number of aromatic nitrogens is 2. The molecular formula is C22H27N5O3S. The Bertz CT molecular complexity index is 1080. The number of thiol groups is 1. The fourth-order valence-electron chi connectivity index (χ4n) is 3.02. The molecule has 0 aliphatic rings. The van der Waals surface area contributed by atoms with E-state index in [0.29, 0.717) is 35.6 Å². The highest BCUT2D eigenvalue weighted by Gasteiger charge is 2.13. The van der Waals surface area contributed by atoms with Gasteiger partial charge in [-0.2, -0.15) is 4.98 Å². The molecule has 0 amide bonds. The second-order valence-corrected chi connectivity index (χ2v) is 7.99. The second kappa shape index (κ2) is 10.7. The molecule has 1 aromatic heterocycles. The number of ether oxygens (including phenoxy) is 2. The molecule has 2 unspecified atom stereocenters. The molecule has 2 atom stereocenters. The second-order valence-electron chi connectivity index (χ2n) is 6.88. The van der Waals surface area contributed by atoms with Crippen molar-refractivity contribution in [2.45, 2.75) is 24.8 Å². The number of methoxy groups -OCH3 is 1. The van der Waals surface area contributed by atoms with Crippen LogP contribution in [0.15, 0.2) is 59.6 Å². The van der Waals surface area contributed by atoms with Crippen LogP contribution in [0.1, 0.15) is 13.8 Å². The standard InChI is InChI=1S/C22H27N5O3S/c1-4-30-18-10-8-16(9-11-18)20-13-24-22(27-21(20)25-15(2)14-29-3)26-17-6-5-7-19(12-17)31(23)28/h5-13,15,23,31H,4,14H2,1-3H3,(H2,24,25,26,27). The number of hydrogen-bond donors (Lipinski definition) is 4. The van der Waals surface area contributed by atoms with Crippen LogP contribution in [0.3, 0.4) is 0 Å². The average molecular weight is 442 g/mol. The predicted molar refractivity (Wildman–Crippen MR) is 124 cm³/mol. The zero-order valence-corrected chi connectivity index (χ0v) is 18.6. The van der Waals surface area contributed by atoms with Gasteiger partial charge in [0.2, 0.25) is 5.95 Å². The molecule has 2 aromatic carbocycles. The van der Waals surface area contributed by atoms with Crippen LogP contribution in [0.25, 0.3) is 11.1 Å². The van der Waals surface area contributed by atoms with Crippen LogP contribution in [0.2, 0.25) is 0 Å². The van der Waals surface area contributed by atoms with Crippen molar-refractivity contribution in [3.05, 3.63) is 54.7 Å². The summed E-state index contributed by atoms with van der Waals surface area (Å²) in [4.78, 5) is 9.56. The number of nitrogens with one attached hydrogen (secondary N) is 3. The van der Waals surface area contributed by atoms with Crippen LogP contribution in [0.5, 0.6) is 5.75 Å². The van der Waals surface area contributed by atoms with E-state index < -0.39 is 10.6 Å². The van der Waals surface area contributed by atoms with Gasteiger partial charge in [-0.05, 0) is 49.7 Å². The molecule has 3 aromatic rings. The Kier molecular flexibility index (Phi) is 7.80. The first kappa shape index (κ1) is 22.5. The first-order chi connectivity index (χ1) is 15.0. The van der Waals surface area contributed by atoms with Crippen LogP contribution in [0.4, 0.5) is 17.5 Å². The predicted octanol–water partition coefficient (Wildman–Crippen LogP) is 4.33. The van der Waals surface area contributed by atoms with Gasteiger partial charge in [-0.25, -0.2) is 9.19 Å². The van der Waals surface area contributed by atoms with Gasteiger partial charge in [-0.15, -0.1) is 0 Å². The van der Waals surface area contributed by atoms with E-state index in [1.807, 2.05) is 44.2 Å². The molecule has 0 saturated heterocycles. The molecule has 0 aliphatic carbocycles. The molecule has 9 heteroatoms. The number of nitrogens with zero attached hydrogens (tertiary/aromatic N) is 2. The minimum absolute atomic E-state index is 0.0323. The molecule has 0 spiro atoms. The average Bonchev–Trinajstić information content (AvgIpc) is 2.75. The molecule has 0 fully saturated rings. The Labute approximate surface area is 184 Å². The van der Waals surface area contributed by atoms with Gasteiger partial charge in [0.25, 0.3) is 0 Å². The highest BCUT2D eigenvalue weighted by atomic mass is 32.2. The Balaban J connectivity index is 1.93. The zero-order chi connectivity index (χ0) is 22.2. The fourth-order valence-corrected chi connectivity index (χ4v) is 3.50. The van der Waals surface area contributed by atoms with Gasteiger partial charge in [0.1, 0.15) is 11.6 Å². The first-order valence-corrected chi connectivity index (χ1v) is 11.2. The van der Waals surface area contributed by atoms with Gasteiger partial charge in [0.15, 0.2) is 0 Å². The first-order valence-electron chi connectivity index (χ1n) is 9.91. The number of anilines is 3. The van der Waals surface area contributed by atoms with Crippen LogP contribution in [-0.4, -0.2) is 40.5 Å². The van der Waals surface area contributed by atoms with Crippen LogP contribution >= 0.6 is 0 Å². The Morgan fingerprint density at radius 2 is 1.97 bits per heavy atom. The molecule has 31 heavy (non-hydrogen) atoms. The summed E-state index contributed by atoms with van der Waals surface area (Å²) in [7, 11) is -0.512. The van der Waals surface area contributed by atoms with Gasteiger partial charge in [0.05, 0.1) is 23.8 Å². The smallest absolute Gasteiger partial charge is 0.229 e. The van der Waals surface area contributed by atoms with Crippen molar-refractivity contribution < 1.29 is 13.7 Å². The molecule has 164 valence electrons. The summed E-state index contributed by atoms with van der Waals surface area (Å²) in [6, 6.07) is 14.7. The maximum absolute atomic E-state index is 11.5. The fraction of sp³-hybridized carbons (Fsp3) is 0.273. The lowest BCUT2D eigenvalue weighted by Crippen LogP contribution is -2.22. The highest BCUT2D eigenvalue weighted by Crippen LogP contribution is 2.29. The third kappa shape index (κ3) is 6.16. The lowest BCUT2D eigenvalue weighted by Gasteiger charge is -2.18. The van der Waals surface area contributed by atoms with E-state index in [9.17, 15) is 4.21 Å². The van der Waals surface area contributed by atoms with Crippen molar-refractivity contribution >= 4 is 28.0 Å². The molecule has 0 bridgehead atoms. The van der Waals surface area contributed by atoms with E-state index in [-0.39, 0.29) is 6.04 Å². The van der Waals surface area contributed by atoms with E-state index in [4.69, 9.17) is 14.3 Å². The van der Waals surface area contributed by atoms with Gasteiger partial charge in [0, 0.05) is 35.5 Å². The van der Waals surface area contributed by atoms with Crippen molar-refractivity contribution in [3.8, 4) is 16.9 Å². The summed E-state index contributed by atoms with van der Waals surface area (Å²) >= 11 is 0. The summed E-state index contributed by atoms with van der Waals surface area (Å²) in [5.74, 6) is 1.86. The molecule has 3 rings (SSSR count). The zero-order valence-electron chi connectivity index (χ0n) is 17.8. The quantitative estimate of drug-likeness (QED) is 0.347. The minimum atomic E-state index is -2.17. The number of benzene rings is 2. The molecule has 8 nitrogen and oxygen atoms in total. The van der Waals surface area contributed by atoms with E-state index in [2.05, 4.69) is 20.6 Å². The third-order valence-corrected chi connectivity index (χ3v) is 5.15. The van der Waals surface area contributed by atoms with Crippen molar-refractivity contribution in [2.24, 2.45) is 0 Å². The van der Waals surface area contributed by atoms with Crippen molar-refractivity contribution in [3.63, 3.8) is 0 Å². The Morgan fingerprint density at radius 1 is 1.19 bits per heavy atom. The highest BCUT2D eigenvalue weighted by molar-refractivity contribution is 7.73. The topological polar surface area (TPSA) is 109 Å². The third-order valence-electron chi connectivity index (χ3n) is 4.40. The molecule has 0 radical (unpaired) electrons. The van der Waals surface area contributed by atoms with Gasteiger partial charge < -0.3 is 20.1 Å². The van der Waals surface area contributed by atoms with Gasteiger partial charge in [-0.3, -0.25) is 4.78 Å². The van der Waals surface area contributed by atoms with Crippen LogP contribution in [0, 0.1) is 4.78 Å². The van der Waals surface area contributed by atoms with E-state index >= 15 is 0 Å². The molecule has 0 aliphatic heterocycles. The largest absolute Gasteiger partial charge is 0.494 e.